The molecule has 0 aromatic heterocycles. The van der Waals surface area contributed by atoms with E-state index in [1.165, 1.54) is 36.8 Å². The van der Waals surface area contributed by atoms with E-state index in [2.05, 4.69) is 22.3 Å². The van der Waals surface area contributed by atoms with Crippen molar-refractivity contribution < 1.29 is 18.0 Å². The van der Waals surface area contributed by atoms with Gasteiger partial charge in [-0.05, 0) is 48.7 Å². The lowest BCUT2D eigenvalue weighted by atomic mass is 10.0. The summed E-state index contributed by atoms with van der Waals surface area (Å²) in [5.74, 6) is -0.471. The smallest absolute Gasteiger partial charge is 0.240 e. The third-order valence-electron chi connectivity index (χ3n) is 4.39. The van der Waals surface area contributed by atoms with Crippen molar-refractivity contribution in [2.24, 2.45) is 0 Å². The maximum Gasteiger partial charge on any atom is 0.240 e. The SMILES string of the molecule is CCc1ccc(C(C)NC(=O)CCNS(=O)(=O)c2ccc(NC(C)=O)cc2)cc1. The van der Waals surface area contributed by atoms with Crippen molar-refractivity contribution >= 4 is 27.5 Å². The van der Waals surface area contributed by atoms with Gasteiger partial charge in [-0.2, -0.15) is 0 Å². The molecule has 0 heterocycles. The topological polar surface area (TPSA) is 104 Å². The second kappa shape index (κ2) is 10.2. The molecule has 0 saturated heterocycles. The van der Waals surface area contributed by atoms with Gasteiger partial charge >= 0.3 is 0 Å². The number of hydrogen-bond acceptors (Lipinski definition) is 4. The number of rotatable bonds is 9. The lowest BCUT2D eigenvalue weighted by molar-refractivity contribution is -0.121. The van der Waals surface area contributed by atoms with Crippen molar-refractivity contribution in [3.05, 3.63) is 59.7 Å². The van der Waals surface area contributed by atoms with E-state index in [0.29, 0.717) is 5.69 Å². The van der Waals surface area contributed by atoms with Gasteiger partial charge in [-0.1, -0.05) is 31.2 Å². The molecule has 3 N–H and O–H groups in total. The molecule has 0 fully saturated rings. The molecular formula is C21H27N3O4S. The standard InChI is InChI=1S/C21H27N3O4S/c1-4-17-5-7-18(8-6-17)15(2)23-21(26)13-14-22-29(27,28)20-11-9-19(10-12-20)24-16(3)25/h5-12,15,22H,4,13-14H2,1-3H3,(H,23,26)(H,24,25). The molecule has 0 radical (unpaired) electrons. The first-order chi connectivity index (χ1) is 13.7. The Morgan fingerprint density at radius 1 is 1.00 bits per heavy atom. The molecule has 8 heteroatoms. The molecule has 0 spiro atoms. The largest absolute Gasteiger partial charge is 0.350 e. The van der Waals surface area contributed by atoms with E-state index in [1.54, 1.807) is 0 Å². The van der Waals surface area contributed by atoms with E-state index in [1.807, 2.05) is 31.2 Å². The molecule has 29 heavy (non-hydrogen) atoms. The third-order valence-corrected chi connectivity index (χ3v) is 5.87. The first-order valence-electron chi connectivity index (χ1n) is 9.47. The van der Waals surface area contributed by atoms with Crippen LogP contribution in [0, 0.1) is 0 Å². The van der Waals surface area contributed by atoms with Crippen LogP contribution in [0.1, 0.15) is 44.4 Å². The summed E-state index contributed by atoms with van der Waals surface area (Å²) >= 11 is 0. The first kappa shape index (κ1) is 22.6. The zero-order valence-electron chi connectivity index (χ0n) is 16.9. The first-order valence-corrected chi connectivity index (χ1v) is 10.9. The molecule has 2 amide bonds. The highest BCUT2D eigenvalue weighted by Gasteiger charge is 2.15. The van der Waals surface area contributed by atoms with Crippen LogP contribution in [0.4, 0.5) is 5.69 Å². The number of carbonyl (C=O) groups is 2. The predicted molar refractivity (Wildman–Crippen MR) is 113 cm³/mol. The van der Waals surface area contributed by atoms with Crippen LogP contribution in [0.3, 0.4) is 0 Å². The predicted octanol–water partition coefficient (Wildman–Crippen LogP) is 2.75. The summed E-state index contributed by atoms with van der Waals surface area (Å²) in [6.07, 6.45) is 0.984. The Kier molecular flexibility index (Phi) is 7.92. The lowest BCUT2D eigenvalue weighted by Gasteiger charge is -2.15. The van der Waals surface area contributed by atoms with Gasteiger partial charge in [0.25, 0.3) is 0 Å². The Balaban J connectivity index is 1.84. The Labute approximate surface area is 172 Å². The number of aryl methyl sites for hydroxylation is 1. The molecule has 2 aromatic rings. The molecular weight excluding hydrogens is 390 g/mol. The highest BCUT2D eigenvalue weighted by atomic mass is 32.2. The zero-order valence-corrected chi connectivity index (χ0v) is 17.7. The van der Waals surface area contributed by atoms with Crippen molar-refractivity contribution in [1.29, 1.82) is 0 Å². The van der Waals surface area contributed by atoms with E-state index in [0.717, 1.165) is 12.0 Å². The van der Waals surface area contributed by atoms with Crippen LogP contribution < -0.4 is 15.4 Å². The minimum absolute atomic E-state index is 0.0108. The second-order valence-corrected chi connectivity index (χ2v) is 8.50. The van der Waals surface area contributed by atoms with Gasteiger partial charge in [-0.3, -0.25) is 9.59 Å². The number of nitrogens with one attached hydrogen (secondary N) is 3. The monoisotopic (exact) mass is 417 g/mol. The normalized spacial score (nSPS) is 12.2. The van der Waals surface area contributed by atoms with E-state index in [9.17, 15) is 18.0 Å². The quantitative estimate of drug-likeness (QED) is 0.583. The van der Waals surface area contributed by atoms with Crippen molar-refractivity contribution in [2.45, 2.75) is 44.6 Å². The van der Waals surface area contributed by atoms with E-state index >= 15 is 0 Å². The van der Waals surface area contributed by atoms with Gasteiger partial charge in [0.05, 0.1) is 10.9 Å². The summed E-state index contributed by atoms with van der Waals surface area (Å²) in [4.78, 5) is 23.2. The zero-order chi connectivity index (χ0) is 21.4. The lowest BCUT2D eigenvalue weighted by Crippen LogP contribution is -2.32. The molecule has 156 valence electrons. The fourth-order valence-corrected chi connectivity index (χ4v) is 3.77. The van der Waals surface area contributed by atoms with Gasteiger partial charge in [0, 0.05) is 25.6 Å². The van der Waals surface area contributed by atoms with Crippen LogP contribution in [0.5, 0.6) is 0 Å². The maximum atomic E-state index is 12.3. The van der Waals surface area contributed by atoms with Crippen molar-refractivity contribution in [2.75, 3.05) is 11.9 Å². The number of carbonyl (C=O) groups excluding carboxylic acids is 2. The van der Waals surface area contributed by atoms with Crippen LogP contribution in [0.2, 0.25) is 0 Å². The summed E-state index contributed by atoms with van der Waals surface area (Å²) in [6.45, 7) is 5.33. The average molecular weight is 418 g/mol. The number of anilines is 1. The Morgan fingerprint density at radius 2 is 1.62 bits per heavy atom. The second-order valence-electron chi connectivity index (χ2n) is 6.74. The number of benzene rings is 2. The van der Waals surface area contributed by atoms with Gasteiger partial charge in [0.15, 0.2) is 0 Å². The molecule has 0 aliphatic heterocycles. The number of hydrogen-bond donors (Lipinski definition) is 3. The van der Waals surface area contributed by atoms with Gasteiger partial charge in [-0.15, -0.1) is 0 Å². The third kappa shape index (κ3) is 6.99. The Bertz CT molecular complexity index is 939. The van der Waals surface area contributed by atoms with Crippen molar-refractivity contribution in [3.8, 4) is 0 Å². The summed E-state index contributed by atoms with van der Waals surface area (Å²) in [5.41, 5.74) is 2.74. The van der Waals surface area contributed by atoms with Gasteiger partial charge in [0.2, 0.25) is 21.8 Å². The molecule has 0 saturated carbocycles. The van der Waals surface area contributed by atoms with E-state index < -0.39 is 10.0 Å². The van der Waals surface area contributed by atoms with Gasteiger partial charge < -0.3 is 10.6 Å². The van der Waals surface area contributed by atoms with Crippen LogP contribution in [-0.4, -0.2) is 26.8 Å². The fourth-order valence-electron chi connectivity index (χ4n) is 2.74. The van der Waals surface area contributed by atoms with Gasteiger partial charge in [0.1, 0.15) is 0 Å². The van der Waals surface area contributed by atoms with Crippen LogP contribution in [0.15, 0.2) is 53.4 Å². The minimum atomic E-state index is -3.73. The summed E-state index contributed by atoms with van der Waals surface area (Å²) in [7, 11) is -3.73. The molecule has 1 atom stereocenters. The van der Waals surface area contributed by atoms with Crippen LogP contribution in [0.25, 0.3) is 0 Å². The van der Waals surface area contributed by atoms with Crippen LogP contribution in [-0.2, 0) is 26.0 Å². The molecule has 0 bridgehead atoms. The van der Waals surface area contributed by atoms with Crippen molar-refractivity contribution in [3.63, 3.8) is 0 Å². The van der Waals surface area contributed by atoms with Gasteiger partial charge in [-0.25, -0.2) is 13.1 Å². The van der Waals surface area contributed by atoms with E-state index in [-0.39, 0.29) is 35.7 Å². The molecule has 7 nitrogen and oxygen atoms in total. The molecule has 2 rings (SSSR count). The van der Waals surface area contributed by atoms with E-state index in [4.69, 9.17) is 0 Å². The number of amides is 2. The average Bonchev–Trinajstić information content (AvgIpc) is 2.67. The fraction of sp³-hybridized carbons (Fsp3) is 0.333. The molecule has 1 unspecified atom stereocenters. The highest BCUT2D eigenvalue weighted by Crippen LogP contribution is 2.15. The molecule has 2 aromatic carbocycles. The molecule has 0 aliphatic carbocycles. The molecule has 0 aliphatic rings. The Hall–Kier alpha value is -2.71. The summed E-state index contributed by atoms with van der Waals surface area (Å²) in [6, 6.07) is 13.7. The van der Waals surface area contributed by atoms with Crippen LogP contribution >= 0.6 is 0 Å². The highest BCUT2D eigenvalue weighted by molar-refractivity contribution is 7.89. The maximum absolute atomic E-state index is 12.3. The summed E-state index contributed by atoms with van der Waals surface area (Å²) < 4.78 is 27.1. The summed E-state index contributed by atoms with van der Waals surface area (Å²) in [5, 5.41) is 5.44. The van der Waals surface area contributed by atoms with Crippen molar-refractivity contribution in [1.82, 2.24) is 10.0 Å². The number of sulfonamides is 1. The Morgan fingerprint density at radius 3 is 2.17 bits per heavy atom. The minimum Gasteiger partial charge on any atom is -0.350 e.